The summed E-state index contributed by atoms with van der Waals surface area (Å²) in [7, 11) is 1.73. The Balaban J connectivity index is 2.13. The molecule has 5 heteroatoms. The second-order valence-corrected chi connectivity index (χ2v) is 7.18. The van der Waals surface area contributed by atoms with Gasteiger partial charge in [-0.2, -0.15) is 0 Å². The number of hydrogen-bond donors (Lipinski definition) is 2. The Morgan fingerprint density at radius 3 is 2.74 bits per heavy atom. The zero-order chi connectivity index (χ0) is 17.1. The van der Waals surface area contributed by atoms with Gasteiger partial charge >= 0.3 is 6.09 Å². The molecule has 1 atom stereocenters. The molecule has 0 spiro atoms. The Morgan fingerprint density at radius 1 is 1.35 bits per heavy atom. The molecule has 0 radical (unpaired) electrons. The predicted octanol–water partition coefficient (Wildman–Crippen LogP) is 3.40. The van der Waals surface area contributed by atoms with E-state index in [0.717, 1.165) is 25.8 Å². The van der Waals surface area contributed by atoms with Crippen molar-refractivity contribution in [1.82, 2.24) is 10.6 Å². The monoisotopic (exact) mass is 326 g/mol. The van der Waals surface area contributed by atoms with Crippen molar-refractivity contribution in [3.63, 3.8) is 0 Å². The van der Waals surface area contributed by atoms with Crippen LogP contribution in [-0.4, -0.2) is 44.5 Å². The fraction of sp³-hybridized carbons (Fsp3) is 0.833. The van der Waals surface area contributed by atoms with Crippen molar-refractivity contribution in [2.24, 2.45) is 0 Å². The number of carbonyl (C=O) groups is 1. The zero-order valence-electron chi connectivity index (χ0n) is 15.2. The Kier molecular flexibility index (Phi) is 9.26. The highest BCUT2D eigenvalue weighted by Gasteiger charge is 2.15. The van der Waals surface area contributed by atoms with Crippen LogP contribution in [0, 0.1) is 0 Å². The van der Waals surface area contributed by atoms with Gasteiger partial charge in [0.25, 0.3) is 0 Å². The minimum atomic E-state index is -0.445. The van der Waals surface area contributed by atoms with E-state index in [9.17, 15) is 4.79 Å². The molecule has 1 amide bonds. The summed E-state index contributed by atoms with van der Waals surface area (Å²) in [4.78, 5) is 11.6. The van der Waals surface area contributed by atoms with Gasteiger partial charge in [0, 0.05) is 19.7 Å². The van der Waals surface area contributed by atoms with Gasteiger partial charge in [-0.05, 0) is 65.8 Å². The maximum absolute atomic E-state index is 11.6. The van der Waals surface area contributed by atoms with Gasteiger partial charge in [0.15, 0.2) is 0 Å². The first-order valence-electron chi connectivity index (χ1n) is 8.78. The molecule has 0 fully saturated rings. The molecule has 2 N–H and O–H groups in total. The lowest BCUT2D eigenvalue weighted by molar-refractivity contribution is 0.0526. The quantitative estimate of drug-likeness (QED) is 0.477. The molecule has 23 heavy (non-hydrogen) atoms. The van der Waals surface area contributed by atoms with Gasteiger partial charge < -0.3 is 20.1 Å². The van der Waals surface area contributed by atoms with E-state index < -0.39 is 5.60 Å². The van der Waals surface area contributed by atoms with Crippen LogP contribution in [0.1, 0.15) is 59.3 Å². The van der Waals surface area contributed by atoms with E-state index in [1.54, 1.807) is 12.7 Å². The number of alkyl carbamates (subject to hydrolysis) is 1. The molecule has 134 valence electrons. The van der Waals surface area contributed by atoms with Crippen LogP contribution in [0.2, 0.25) is 0 Å². The molecule has 0 saturated carbocycles. The lowest BCUT2D eigenvalue weighted by atomic mass is 10.1. The number of methoxy groups -OCH3 is 1. The van der Waals surface area contributed by atoms with Gasteiger partial charge in [0.2, 0.25) is 0 Å². The third kappa shape index (κ3) is 10.3. The molecular weight excluding hydrogens is 292 g/mol. The van der Waals surface area contributed by atoms with Crippen molar-refractivity contribution in [3.05, 3.63) is 11.6 Å². The van der Waals surface area contributed by atoms with Crippen LogP contribution < -0.4 is 10.6 Å². The zero-order valence-corrected chi connectivity index (χ0v) is 15.2. The van der Waals surface area contributed by atoms with Crippen molar-refractivity contribution in [2.75, 3.05) is 26.8 Å². The Labute approximate surface area is 141 Å². The number of amides is 1. The normalized spacial score (nSPS) is 16.1. The first kappa shape index (κ1) is 20.0. The third-order valence-electron chi connectivity index (χ3n) is 3.78. The predicted molar refractivity (Wildman–Crippen MR) is 93.7 cm³/mol. The Bertz CT molecular complexity index is 375. The highest BCUT2D eigenvalue weighted by Crippen LogP contribution is 2.19. The highest BCUT2D eigenvalue weighted by atomic mass is 16.6. The van der Waals surface area contributed by atoms with Crippen LogP contribution in [-0.2, 0) is 9.47 Å². The smallest absolute Gasteiger partial charge is 0.407 e. The Morgan fingerprint density at radius 2 is 2.13 bits per heavy atom. The first-order chi connectivity index (χ1) is 10.9. The van der Waals surface area contributed by atoms with Crippen LogP contribution >= 0.6 is 0 Å². The van der Waals surface area contributed by atoms with E-state index >= 15 is 0 Å². The number of ether oxygens (including phenoxy) is 2. The number of carbonyl (C=O) groups excluding carboxylic acids is 1. The number of allylic oxidation sites excluding steroid dienone is 1. The van der Waals surface area contributed by atoms with E-state index in [1.807, 2.05) is 20.8 Å². The number of nitrogens with one attached hydrogen (secondary N) is 2. The summed E-state index contributed by atoms with van der Waals surface area (Å²) in [6.07, 6.45) is 8.86. The van der Waals surface area contributed by atoms with Gasteiger partial charge in [-0.3, -0.25) is 0 Å². The van der Waals surface area contributed by atoms with Crippen molar-refractivity contribution in [2.45, 2.75) is 70.9 Å². The SMILES string of the molecule is COCC(CCCNC(=O)OC(C)(C)C)NCCC1=CCCC1. The van der Waals surface area contributed by atoms with Crippen LogP contribution in [0.25, 0.3) is 0 Å². The van der Waals surface area contributed by atoms with Crippen molar-refractivity contribution >= 4 is 6.09 Å². The summed E-state index contributed by atoms with van der Waals surface area (Å²) >= 11 is 0. The summed E-state index contributed by atoms with van der Waals surface area (Å²) in [5, 5.41) is 6.36. The molecular formula is C18H34N2O3. The Hall–Kier alpha value is -1.07. The van der Waals surface area contributed by atoms with E-state index in [2.05, 4.69) is 16.7 Å². The first-order valence-corrected chi connectivity index (χ1v) is 8.78. The van der Waals surface area contributed by atoms with Crippen molar-refractivity contribution in [3.8, 4) is 0 Å². The molecule has 0 aliphatic heterocycles. The van der Waals surface area contributed by atoms with E-state index in [-0.39, 0.29) is 6.09 Å². The standard InChI is InChI=1S/C18H34N2O3/c1-18(2,3)23-17(21)20-12-7-10-16(14-22-4)19-13-11-15-8-5-6-9-15/h8,16,19H,5-7,9-14H2,1-4H3,(H,20,21). The van der Waals surface area contributed by atoms with Gasteiger partial charge in [-0.1, -0.05) is 11.6 Å². The summed E-state index contributed by atoms with van der Waals surface area (Å²) in [5.41, 5.74) is 1.14. The van der Waals surface area contributed by atoms with E-state index in [0.29, 0.717) is 19.2 Å². The molecule has 1 unspecified atom stereocenters. The minimum Gasteiger partial charge on any atom is -0.444 e. The third-order valence-corrected chi connectivity index (χ3v) is 3.78. The number of rotatable bonds is 10. The maximum Gasteiger partial charge on any atom is 0.407 e. The molecule has 0 aromatic heterocycles. The van der Waals surface area contributed by atoms with Gasteiger partial charge in [-0.25, -0.2) is 4.79 Å². The van der Waals surface area contributed by atoms with Gasteiger partial charge in [0.05, 0.1) is 6.61 Å². The molecule has 0 heterocycles. The average Bonchev–Trinajstić information content (AvgIpc) is 2.94. The van der Waals surface area contributed by atoms with Crippen LogP contribution in [0.15, 0.2) is 11.6 Å². The molecule has 1 rings (SSSR count). The molecule has 5 nitrogen and oxygen atoms in total. The molecule has 0 aromatic carbocycles. The van der Waals surface area contributed by atoms with Crippen molar-refractivity contribution in [1.29, 1.82) is 0 Å². The van der Waals surface area contributed by atoms with Gasteiger partial charge in [-0.15, -0.1) is 0 Å². The molecule has 0 aromatic rings. The number of hydrogen-bond acceptors (Lipinski definition) is 4. The van der Waals surface area contributed by atoms with Gasteiger partial charge in [0.1, 0.15) is 5.60 Å². The molecule has 1 aliphatic rings. The largest absolute Gasteiger partial charge is 0.444 e. The van der Waals surface area contributed by atoms with Crippen molar-refractivity contribution < 1.29 is 14.3 Å². The van der Waals surface area contributed by atoms with Crippen LogP contribution in [0.4, 0.5) is 4.79 Å². The fourth-order valence-corrected chi connectivity index (χ4v) is 2.70. The average molecular weight is 326 g/mol. The summed E-state index contributed by atoms with van der Waals surface area (Å²) in [6, 6.07) is 0.336. The summed E-state index contributed by atoms with van der Waals surface area (Å²) in [5.74, 6) is 0. The molecule has 0 bridgehead atoms. The van der Waals surface area contributed by atoms with E-state index in [4.69, 9.17) is 9.47 Å². The lowest BCUT2D eigenvalue weighted by Gasteiger charge is -2.20. The molecule has 0 saturated heterocycles. The summed E-state index contributed by atoms with van der Waals surface area (Å²) < 4.78 is 10.5. The second-order valence-electron chi connectivity index (χ2n) is 7.18. The topological polar surface area (TPSA) is 59.6 Å². The minimum absolute atomic E-state index is 0.336. The summed E-state index contributed by atoms with van der Waals surface area (Å²) in [6.45, 7) is 7.92. The highest BCUT2D eigenvalue weighted by molar-refractivity contribution is 5.67. The van der Waals surface area contributed by atoms with Crippen LogP contribution in [0.3, 0.4) is 0 Å². The maximum atomic E-state index is 11.6. The molecule has 1 aliphatic carbocycles. The van der Waals surface area contributed by atoms with Crippen LogP contribution in [0.5, 0.6) is 0 Å². The second kappa shape index (κ2) is 10.7. The van der Waals surface area contributed by atoms with E-state index in [1.165, 1.54) is 19.3 Å². The lowest BCUT2D eigenvalue weighted by Crippen LogP contribution is -2.36. The fourth-order valence-electron chi connectivity index (χ4n) is 2.70.